The molecule has 0 saturated carbocycles. The third kappa shape index (κ3) is 4.99. The van der Waals surface area contributed by atoms with Gasteiger partial charge in [0.1, 0.15) is 0 Å². The molecule has 0 aliphatic carbocycles. The summed E-state index contributed by atoms with van der Waals surface area (Å²) in [5, 5.41) is 13.7. The first kappa shape index (κ1) is 21.0. The Morgan fingerprint density at radius 1 is 1.23 bits per heavy atom. The second kappa shape index (κ2) is 9.17. The summed E-state index contributed by atoms with van der Waals surface area (Å²) < 4.78 is 5.08. The highest BCUT2D eigenvalue weighted by atomic mass is 16.6. The van der Waals surface area contributed by atoms with Crippen LogP contribution in [0.25, 0.3) is 0 Å². The monoisotopic (exact) mass is 411 g/mol. The fourth-order valence-corrected chi connectivity index (χ4v) is 3.25. The normalized spacial score (nSPS) is 16.8. The highest BCUT2D eigenvalue weighted by molar-refractivity contribution is 5.99. The van der Waals surface area contributed by atoms with E-state index >= 15 is 0 Å². The zero-order valence-electron chi connectivity index (χ0n) is 16.3. The van der Waals surface area contributed by atoms with E-state index in [2.05, 4.69) is 5.32 Å². The molecule has 9 heteroatoms. The zero-order valence-corrected chi connectivity index (χ0v) is 16.3. The molecule has 1 N–H and O–H groups in total. The molecule has 156 valence electrons. The molecule has 2 aromatic carbocycles. The van der Waals surface area contributed by atoms with Gasteiger partial charge in [-0.05, 0) is 18.6 Å². The molecule has 0 spiro atoms. The lowest BCUT2D eigenvalue weighted by Gasteiger charge is -2.17. The summed E-state index contributed by atoms with van der Waals surface area (Å²) in [6.07, 6.45) is -0.0798. The van der Waals surface area contributed by atoms with Crippen molar-refractivity contribution in [2.24, 2.45) is 5.92 Å². The standard InChI is InChI=1S/C21H21N3O6/c1-14(15-6-3-2-4-7-15)22-19(25)13-30-21(27)16-10-20(26)23(12-16)17-8-5-9-18(11-17)24(28)29/h2-9,11,14,16H,10,12-13H2,1H3,(H,22,25)/t14-,16-/m1/s1. The van der Waals surface area contributed by atoms with Crippen molar-refractivity contribution in [2.75, 3.05) is 18.1 Å². The predicted octanol–water partition coefficient (Wildman–Crippen LogP) is 2.37. The topological polar surface area (TPSA) is 119 Å². The maximum absolute atomic E-state index is 12.3. The van der Waals surface area contributed by atoms with Gasteiger partial charge >= 0.3 is 5.97 Å². The summed E-state index contributed by atoms with van der Waals surface area (Å²) in [6.45, 7) is 1.42. The van der Waals surface area contributed by atoms with E-state index in [1.807, 2.05) is 37.3 Å². The van der Waals surface area contributed by atoms with Crippen molar-refractivity contribution in [3.63, 3.8) is 0 Å². The highest BCUT2D eigenvalue weighted by Gasteiger charge is 2.36. The molecule has 1 aliphatic heterocycles. The molecule has 2 aromatic rings. The number of hydrogen-bond acceptors (Lipinski definition) is 6. The Kier molecular flexibility index (Phi) is 6.41. The van der Waals surface area contributed by atoms with Crippen LogP contribution in [0.3, 0.4) is 0 Å². The quantitative estimate of drug-likeness (QED) is 0.424. The van der Waals surface area contributed by atoms with E-state index in [4.69, 9.17) is 4.74 Å². The van der Waals surface area contributed by atoms with E-state index in [1.54, 1.807) is 6.07 Å². The molecule has 1 saturated heterocycles. The summed E-state index contributed by atoms with van der Waals surface area (Å²) >= 11 is 0. The molecule has 1 aliphatic rings. The van der Waals surface area contributed by atoms with Crippen LogP contribution >= 0.6 is 0 Å². The number of hydrogen-bond donors (Lipinski definition) is 1. The van der Waals surface area contributed by atoms with Gasteiger partial charge in [-0.25, -0.2) is 0 Å². The molecule has 0 unspecified atom stereocenters. The number of ether oxygens (including phenoxy) is 1. The van der Waals surface area contributed by atoms with Gasteiger partial charge < -0.3 is 15.0 Å². The minimum Gasteiger partial charge on any atom is -0.455 e. The van der Waals surface area contributed by atoms with Gasteiger partial charge in [0.15, 0.2) is 6.61 Å². The van der Waals surface area contributed by atoms with Crippen LogP contribution < -0.4 is 10.2 Å². The van der Waals surface area contributed by atoms with Crippen molar-refractivity contribution in [3.05, 3.63) is 70.3 Å². The third-order valence-corrected chi connectivity index (χ3v) is 4.83. The van der Waals surface area contributed by atoms with Crippen LogP contribution in [0.5, 0.6) is 0 Å². The molecular formula is C21H21N3O6. The largest absolute Gasteiger partial charge is 0.455 e. The van der Waals surface area contributed by atoms with Gasteiger partial charge in [-0.3, -0.25) is 24.5 Å². The molecule has 2 amide bonds. The number of rotatable bonds is 7. The molecule has 0 aromatic heterocycles. The maximum atomic E-state index is 12.3. The van der Waals surface area contributed by atoms with Crippen molar-refractivity contribution < 1.29 is 24.0 Å². The fourth-order valence-electron chi connectivity index (χ4n) is 3.25. The van der Waals surface area contributed by atoms with Gasteiger partial charge in [0.05, 0.1) is 22.6 Å². The lowest BCUT2D eigenvalue weighted by atomic mass is 10.1. The number of carbonyl (C=O) groups excluding carboxylic acids is 3. The van der Waals surface area contributed by atoms with E-state index in [-0.39, 0.29) is 30.6 Å². The molecule has 0 radical (unpaired) electrons. The van der Waals surface area contributed by atoms with Crippen molar-refractivity contribution in [1.29, 1.82) is 0 Å². The van der Waals surface area contributed by atoms with Crippen LogP contribution in [0.1, 0.15) is 24.9 Å². The van der Waals surface area contributed by atoms with Crippen LogP contribution in [0.15, 0.2) is 54.6 Å². The lowest BCUT2D eigenvalue weighted by molar-refractivity contribution is -0.384. The van der Waals surface area contributed by atoms with Crippen LogP contribution in [0.4, 0.5) is 11.4 Å². The molecular weight excluding hydrogens is 390 g/mol. The maximum Gasteiger partial charge on any atom is 0.311 e. The Bertz CT molecular complexity index is 962. The summed E-state index contributed by atoms with van der Waals surface area (Å²) in [7, 11) is 0. The number of carbonyl (C=O) groups is 3. The van der Waals surface area contributed by atoms with Crippen molar-refractivity contribution in [3.8, 4) is 0 Å². The van der Waals surface area contributed by atoms with Crippen molar-refractivity contribution in [1.82, 2.24) is 5.32 Å². The van der Waals surface area contributed by atoms with Gasteiger partial charge in [-0.2, -0.15) is 0 Å². The number of benzene rings is 2. The van der Waals surface area contributed by atoms with Crippen LogP contribution in [-0.4, -0.2) is 35.9 Å². The number of amides is 2. The second-order valence-electron chi connectivity index (χ2n) is 6.99. The Morgan fingerprint density at radius 2 is 1.97 bits per heavy atom. The Hall–Kier alpha value is -3.75. The number of esters is 1. The average molecular weight is 411 g/mol. The molecule has 1 heterocycles. The summed E-state index contributed by atoms with van der Waals surface area (Å²) in [4.78, 5) is 48.4. The summed E-state index contributed by atoms with van der Waals surface area (Å²) in [5.41, 5.74) is 1.13. The van der Waals surface area contributed by atoms with E-state index in [1.165, 1.54) is 23.1 Å². The SMILES string of the molecule is C[C@@H](NC(=O)COC(=O)[C@@H]1CC(=O)N(c2cccc([N+](=O)[O-])c2)C1)c1ccccc1. The van der Waals surface area contributed by atoms with Gasteiger partial charge in [0.2, 0.25) is 5.91 Å². The Balaban J connectivity index is 1.53. The molecule has 9 nitrogen and oxygen atoms in total. The number of nitro benzene ring substituents is 1. The van der Waals surface area contributed by atoms with Crippen LogP contribution in [0.2, 0.25) is 0 Å². The number of anilines is 1. The molecule has 0 bridgehead atoms. The molecule has 1 fully saturated rings. The van der Waals surface area contributed by atoms with E-state index in [9.17, 15) is 24.5 Å². The van der Waals surface area contributed by atoms with Crippen LogP contribution in [0, 0.1) is 16.0 Å². The third-order valence-electron chi connectivity index (χ3n) is 4.83. The molecule has 3 rings (SSSR count). The fraction of sp³-hybridized carbons (Fsp3) is 0.286. The number of nitrogens with one attached hydrogen (secondary N) is 1. The summed E-state index contributed by atoms with van der Waals surface area (Å²) in [5.74, 6) is -2.17. The van der Waals surface area contributed by atoms with Gasteiger partial charge in [-0.1, -0.05) is 36.4 Å². The number of nitrogens with zero attached hydrogens (tertiary/aromatic N) is 2. The predicted molar refractivity (Wildman–Crippen MR) is 108 cm³/mol. The van der Waals surface area contributed by atoms with E-state index < -0.39 is 29.3 Å². The first-order chi connectivity index (χ1) is 14.3. The Morgan fingerprint density at radius 3 is 2.67 bits per heavy atom. The summed E-state index contributed by atoms with van der Waals surface area (Å²) in [6, 6.07) is 14.8. The van der Waals surface area contributed by atoms with Gasteiger partial charge in [0.25, 0.3) is 11.6 Å². The minimum atomic E-state index is -0.740. The molecule has 30 heavy (non-hydrogen) atoms. The minimum absolute atomic E-state index is 0.0425. The number of nitro groups is 1. The first-order valence-corrected chi connectivity index (χ1v) is 9.41. The highest BCUT2D eigenvalue weighted by Crippen LogP contribution is 2.28. The Labute approximate surface area is 172 Å². The number of non-ortho nitro benzene ring substituents is 1. The van der Waals surface area contributed by atoms with E-state index in [0.717, 1.165) is 5.56 Å². The van der Waals surface area contributed by atoms with Gasteiger partial charge in [0, 0.05) is 25.1 Å². The zero-order chi connectivity index (χ0) is 21.7. The smallest absolute Gasteiger partial charge is 0.311 e. The van der Waals surface area contributed by atoms with Crippen molar-refractivity contribution >= 4 is 29.2 Å². The lowest BCUT2D eigenvalue weighted by Crippen LogP contribution is -2.32. The van der Waals surface area contributed by atoms with Gasteiger partial charge in [-0.15, -0.1) is 0 Å². The second-order valence-corrected chi connectivity index (χ2v) is 6.99. The first-order valence-electron chi connectivity index (χ1n) is 9.41. The molecule has 2 atom stereocenters. The van der Waals surface area contributed by atoms with Crippen molar-refractivity contribution in [2.45, 2.75) is 19.4 Å². The average Bonchev–Trinajstić information content (AvgIpc) is 3.14. The van der Waals surface area contributed by atoms with Crippen LogP contribution in [-0.2, 0) is 19.1 Å². The van der Waals surface area contributed by atoms with E-state index in [0.29, 0.717) is 5.69 Å².